The Morgan fingerprint density at radius 3 is 3.10 bits per heavy atom. The van der Waals surface area contributed by atoms with Crippen molar-refractivity contribution in [3.63, 3.8) is 0 Å². The highest BCUT2D eigenvalue weighted by atomic mass is 16.3. The van der Waals surface area contributed by atoms with Gasteiger partial charge in [0.1, 0.15) is 5.82 Å². The van der Waals surface area contributed by atoms with Crippen molar-refractivity contribution in [2.75, 3.05) is 6.54 Å². The van der Waals surface area contributed by atoms with Crippen LogP contribution >= 0.6 is 0 Å². The maximum Gasteiger partial charge on any atom is 0.222 e. The number of fused-ring (bicyclic) bond motifs is 1. The van der Waals surface area contributed by atoms with Crippen LogP contribution in [0.2, 0.25) is 0 Å². The van der Waals surface area contributed by atoms with E-state index in [4.69, 9.17) is 0 Å². The van der Waals surface area contributed by atoms with Crippen molar-refractivity contribution in [3.8, 4) is 0 Å². The number of nitrogens with zero attached hydrogens (tertiary/aromatic N) is 2. The second-order valence-corrected chi connectivity index (χ2v) is 6.31. The maximum absolute atomic E-state index is 12.0. The largest absolute Gasteiger partial charge is 0.389 e. The van der Waals surface area contributed by atoms with Crippen LogP contribution in [0.25, 0.3) is 0 Å². The molecule has 2 aliphatic rings. The highest BCUT2D eigenvalue weighted by Crippen LogP contribution is 2.32. The molecule has 0 saturated heterocycles. The molecule has 1 amide bonds. The molecule has 0 aromatic carbocycles. The van der Waals surface area contributed by atoms with Crippen LogP contribution in [0.3, 0.4) is 0 Å². The van der Waals surface area contributed by atoms with Crippen LogP contribution in [0.4, 0.5) is 0 Å². The standard InChI is InChI=1S/C15H23N3O2/c19-14(10-15(20)4-1-2-5-15)17-11-12-3-7-18-8-6-16-13(18)9-12/h6,8,12,20H,1-5,7,9-11H2,(H,17,19). The fourth-order valence-electron chi connectivity index (χ4n) is 3.42. The normalized spacial score (nSPS) is 24.4. The molecule has 1 aliphatic carbocycles. The fraction of sp³-hybridized carbons (Fsp3) is 0.733. The highest BCUT2D eigenvalue weighted by molar-refractivity contribution is 5.77. The monoisotopic (exact) mass is 277 g/mol. The minimum atomic E-state index is -0.743. The minimum absolute atomic E-state index is 0.0108. The van der Waals surface area contributed by atoms with Crippen LogP contribution in [0.15, 0.2) is 12.4 Å². The molecule has 1 aliphatic heterocycles. The van der Waals surface area contributed by atoms with Crippen molar-refractivity contribution in [1.82, 2.24) is 14.9 Å². The lowest BCUT2D eigenvalue weighted by Crippen LogP contribution is -2.38. The molecular formula is C15H23N3O2. The van der Waals surface area contributed by atoms with E-state index in [9.17, 15) is 9.90 Å². The number of rotatable bonds is 4. The molecule has 1 aromatic heterocycles. The van der Waals surface area contributed by atoms with Crippen molar-refractivity contribution >= 4 is 5.91 Å². The molecule has 20 heavy (non-hydrogen) atoms. The molecule has 0 spiro atoms. The van der Waals surface area contributed by atoms with E-state index in [2.05, 4.69) is 14.9 Å². The summed E-state index contributed by atoms with van der Waals surface area (Å²) in [4.78, 5) is 16.3. The molecule has 0 radical (unpaired) electrons. The number of aryl methyl sites for hydroxylation is 1. The molecule has 1 unspecified atom stereocenters. The van der Waals surface area contributed by atoms with E-state index in [-0.39, 0.29) is 12.3 Å². The van der Waals surface area contributed by atoms with Gasteiger partial charge in [-0.15, -0.1) is 0 Å². The number of carbonyl (C=O) groups excluding carboxylic acids is 1. The highest BCUT2D eigenvalue weighted by Gasteiger charge is 2.33. The average molecular weight is 277 g/mol. The van der Waals surface area contributed by atoms with Gasteiger partial charge in [-0.2, -0.15) is 0 Å². The molecule has 1 atom stereocenters. The third-order valence-corrected chi connectivity index (χ3v) is 4.66. The van der Waals surface area contributed by atoms with Gasteiger partial charge in [-0.3, -0.25) is 4.79 Å². The number of hydrogen-bond donors (Lipinski definition) is 2. The zero-order chi connectivity index (χ0) is 14.0. The van der Waals surface area contributed by atoms with E-state index in [1.54, 1.807) is 0 Å². The summed E-state index contributed by atoms with van der Waals surface area (Å²) < 4.78 is 2.18. The van der Waals surface area contributed by atoms with Gasteiger partial charge in [-0.25, -0.2) is 4.98 Å². The molecule has 110 valence electrons. The van der Waals surface area contributed by atoms with E-state index in [1.807, 2.05) is 12.4 Å². The van der Waals surface area contributed by atoms with E-state index in [0.29, 0.717) is 12.5 Å². The summed E-state index contributed by atoms with van der Waals surface area (Å²) in [5.74, 6) is 1.57. The van der Waals surface area contributed by atoms with Crippen molar-refractivity contribution < 1.29 is 9.90 Å². The van der Waals surface area contributed by atoms with Gasteiger partial charge < -0.3 is 15.0 Å². The van der Waals surface area contributed by atoms with Crippen LogP contribution in [0, 0.1) is 5.92 Å². The lowest BCUT2D eigenvalue weighted by Gasteiger charge is -2.25. The lowest BCUT2D eigenvalue weighted by atomic mass is 9.96. The SMILES string of the molecule is O=C(CC1(O)CCCC1)NCC1CCn2ccnc2C1. The summed E-state index contributed by atoms with van der Waals surface area (Å²) in [5, 5.41) is 13.2. The van der Waals surface area contributed by atoms with Crippen LogP contribution in [-0.4, -0.2) is 32.7 Å². The zero-order valence-electron chi connectivity index (χ0n) is 11.8. The van der Waals surface area contributed by atoms with Gasteiger partial charge >= 0.3 is 0 Å². The third-order valence-electron chi connectivity index (χ3n) is 4.66. The molecular weight excluding hydrogens is 254 g/mol. The van der Waals surface area contributed by atoms with E-state index >= 15 is 0 Å². The molecule has 1 aromatic rings. The summed E-state index contributed by atoms with van der Waals surface area (Å²) in [5.41, 5.74) is -0.743. The number of imidazole rings is 1. The van der Waals surface area contributed by atoms with Gasteiger partial charge in [-0.1, -0.05) is 12.8 Å². The van der Waals surface area contributed by atoms with Crippen LogP contribution < -0.4 is 5.32 Å². The Morgan fingerprint density at radius 1 is 1.50 bits per heavy atom. The summed E-state index contributed by atoms with van der Waals surface area (Å²) in [6.45, 7) is 1.68. The Morgan fingerprint density at radius 2 is 2.30 bits per heavy atom. The number of amides is 1. The number of carbonyl (C=O) groups is 1. The fourth-order valence-corrected chi connectivity index (χ4v) is 3.42. The summed E-state index contributed by atoms with van der Waals surface area (Å²) in [6, 6.07) is 0. The minimum Gasteiger partial charge on any atom is -0.389 e. The molecule has 3 rings (SSSR count). The lowest BCUT2D eigenvalue weighted by molar-refractivity contribution is -0.126. The number of aliphatic hydroxyl groups is 1. The Hall–Kier alpha value is -1.36. The van der Waals surface area contributed by atoms with Gasteiger partial charge in [0.2, 0.25) is 5.91 Å². The quantitative estimate of drug-likeness (QED) is 0.870. The molecule has 5 heteroatoms. The third kappa shape index (κ3) is 3.03. The summed E-state index contributed by atoms with van der Waals surface area (Å²) >= 11 is 0. The first kappa shape index (κ1) is 13.6. The van der Waals surface area contributed by atoms with Gasteiger partial charge in [0.15, 0.2) is 0 Å². The van der Waals surface area contributed by atoms with E-state index < -0.39 is 5.60 Å². The van der Waals surface area contributed by atoms with Crippen molar-refractivity contribution in [3.05, 3.63) is 18.2 Å². The molecule has 2 heterocycles. The second-order valence-electron chi connectivity index (χ2n) is 6.31. The Balaban J connectivity index is 1.44. The van der Waals surface area contributed by atoms with Crippen molar-refractivity contribution in [2.24, 2.45) is 5.92 Å². The topological polar surface area (TPSA) is 67.2 Å². The summed E-state index contributed by atoms with van der Waals surface area (Å²) in [7, 11) is 0. The predicted octanol–water partition coefficient (Wildman–Crippen LogP) is 1.26. The molecule has 5 nitrogen and oxygen atoms in total. The van der Waals surface area contributed by atoms with Crippen molar-refractivity contribution in [2.45, 2.75) is 57.1 Å². The zero-order valence-corrected chi connectivity index (χ0v) is 11.8. The first-order valence-corrected chi connectivity index (χ1v) is 7.64. The molecule has 1 fully saturated rings. The van der Waals surface area contributed by atoms with Gasteiger partial charge in [-0.05, 0) is 25.2 Å². The predicted molar refractivity (Wildman–Crippen MR) is 75.1 cm³/mol. The van der Waals surface area contributed by atoms with Crippen LogP contribution in [0.5, 0.6) is 0 Å². The smallest absolute Gasteiger partial charge is 0.222 e. The Labute approximate surface area is 119 Å². The van der Waals surface area contributed by atoms with Crippen LogP contribution in [0.1, 0.15) is 44.3 Å². The van der Waals surface area contributed by atoms with Gasteiger partial charge in [0.25, 0.3) is 0 Å². The van der Waals surface area contributed by atoms with E-state index in [0.717, 1.165) is 50.9 Å². The maximum atomic E-state index is 12.0. The van der Waals surface area contributed by atoms with Gasteiger partial charge in [0, 0.05) is 31.9 Å². The summed E-state index contributed by atoms with van der Waals surface area (Å²) in [6.07, 6.45) is 9.72. The molecule has 0 bridgehead atoms. The molecule has 2 N–H and O–H groups in total. The Kier molecular flexibility index (Phi) is 3.78. The number of nitrogens with one attached hydrogen (secondary N) is 1. The van der Waals surface area contributed by atoms with Crippen LogP contribution in [-0.2, 0) is 17.8 Å². The van der Waals surface area contributed by atoms with Gasteiger partial charge in [0.05, 0.1) is 12.0 Å². The van der Waals surface area contributed by atoms with Crippen molar-refractivity contribution in [1.29, 1.82) is 0 Å². The number of hydrogen-bond acceptors (Lipinski definition) is 3. The Bertz CT molecular complexity index is 477. The molecule has 1 saturated carbocycles. The second kappa shape index (κ2) is 5.56. The first-order valence-electron chi connectivity index (χ1n) is 7.64. The number of aromatic nitrogens is 2. The first-order chi connectivity index (χ1) is 9.65. The van der Waals surface area contributed by atoms with E-state index in [1.165, 1.54) is 0 Å². The average Bonchev–Trinajstić information content (AvgIpc) is 3.04.